The predicted octanol–water partition coefficient (Wildman–Crippen LogP) is 5.41. The number of rotatable bonds is 6. The van der Waals surface area contributed by atoms with E-state index in [0.29, 0.717) is 5.75 Å². The number of aryl methyl sites for hydroxylation is 1. The Hall–Kier alpha value is -3.05. The molecule has 5 heteroatoms. The minimum Gasteiger partial charge on any atom is -0.338 e. The summed E-state index contributed by atoms with van der Waals surface area (Å²) in [6, 6.07) is 24.1. The molecule has 0 bridgehead atoms. The van der Waals surface area contributed by atoms with Crippen molar-refractivity contribution < 1.29 is 4.79 Å². The van der Waals surface area contributed by atoms with Gasteiger partial charge >= 0.3 is 0 Å². The van der Waals surface area contributed by atoms with E-state index in [9.17, 15) is 4.79 Å². The third-order valence-corrected chi connectivity index (χ3v) is 5.42. The molecule has 0 fully saturated rings. The second-order valence-electron chi connectivity index (χ2n) is 6.71. The van der Waals surface area contributed by atoms with Crippen molar-refractivity contribution in [2.45, 2.75) is 12.7 Å². The highest BCUT2D eigenvalue weighted by Crippen LogP contribution is 2.22. The molecular weight excluding hydrogens is 366 g/mol. The van der Waals surface area contributed by atoms with Gasteiger partial charge in [0.15, 0.2) is 0 Å². The van der Waals surface area contributed by atoms with Crippen molar-refractivity contribution in [2.75, 3.05) is 11.1 Å². The number of nitrogens with zero attached hydrogens (tertiary/aromatic N) is 1. The third kappa shape index (κ3) is 4.43. The Bertz CT molecular complexity index is 1070. The summed E-state index contributed by atoms with van der Waals surface area (Å²) in [6.07, 6.45) is 0. The fraction of sp³-hybridized carbons (Fsp3) is 0.130. The van der Waals surface area contributed by atoms with Crippen LogP contribution in [0.3, 0.4) is 0 Å². The van der Waals surface area contributed by atoms with E-state index in [-0.39, 0.29) is 5.91 Å². The number of amides is 1. The van der Waals surface area contributed by atoms with Crippen LogP contribution in [0, 0.1) is 6.92 Å². The quantitative estimate of drug-likeness (QED) is 0.465. The molecule has 1 amide bonds. The Kier molecular flexibility index (Phi) is 5.44. The molecule has 0 aliphatic rings. The van der Waals surface area contributed by atoms with Gasteiger partial charge in [-0.05, 0) is 48.9 Å². The van der Waals surface area contributed by atoms with Gasteiger partial charge in [-0.3, -0.25) is 4.79 Å². The standard InChI is InChI=1S/C23H21N3OS/c1-16-5-4-6-17(13-16)14-28-15-22(27)24-19-11-9-18(10-12-19)23-25-20-7-2-3-8-21(20)26-23/h2-13H,14-15H2,1H3,(H,24,27)(H,25,26). The number of aromatic nitrogens is 2. The average Bonchev–Trinajstić information content (AvgIpc) is 3.13. The summed E-state index contributed by atoms with van der Waals surface area (Å²) in [5.74, 6) is 2.10. The van der Waals surface area contributed by atoms with Gasteiger partial charge in [-0.1, -0.05) is 42.0 Å². The Morgan fingerprint density at radius 1 is 1.04 bits per heavy atom. The summed E-state index contributed by atoms with van der Waals surface area (Å²) in [4.78, 5) is 20.1. The van der Waals surface area contributed by atoms with Crippen LogP contribution in [0.4, 0.5) is 5.69 Å². The van der Waals surface area contributed by atoms with E-state index < -0.39 is 0 Å². The first-order valence-corrected chi connectivity index (χ1v) is 10.3. The molecule has 0 saturated heterocycles. The Morgan fingerprint density at radius 3 is 2.64 bits per heavy atom. The molecule has 1 aromatic heterocycles. The van der Waals surface area contributed by atoms with Gasteiger partial charge in [-0.25, -0.2) is 4.98 Å². The molecule has 140 valence electrons. The zero-order valence-corrected chi connectivity index (χ0v) is 16.4. The van der Waals surface area contributed by atoms with E-state index in [4.69, 9.17) is 0 Å². The number of fused-ring (bicyclic) bond motifs is 1. The van der Waals surface area contributed by atoms with Crippen molar-refractivity contribution in [3.8, 4) is 11.4 Å². The second-order valence-corrected chi connectivity index (χ2v) is 7.70. The number of carbonyl (C=O) groups excluding carboxylic acids is 1. The highest BCUT2D eigenvalue weighted by atomic mass is 32.2. The number of imidazole rings is 1. The lowest BCUT2D eigenvalue weighted by Gasteiger charge is -2.06. The number of benzene rings is 3. The molecule has 0 unspecified atom stereocenters. The SMILES string of the molecule is Cc1cccc(CSCC(=O)Nc2ccc(-c3nc4ccccc4[nH]3)cc2)c1. The minimum absolute atomic E-state index is 0.00846. The number of carbonyl (C=O) groups is 1. The van der Waals surface area contributed by atoms with Crippen molar-refractivity contribution in [2.24, 2.45) is 0 Å². The van der Waals surface area contributed by atoms with Gasteiger partial charge < -0.3 is 10.3 Å². The molecule has 4 aromatic rings. The van der Waals surface area contributed by atoms with E-state index in [1.165, 1.54) is 11.1 Å². The van der Waals surface area contributed by atoms with E-state index in [1.54, 1.807) is 11.8 Å². The lowest BCUT2D eigenvalue weighted by molar-refractivity contribution is -0.113. The summed E-state index contributed by atoms with van der Waals surface area (Å²) < 4.78 is 0. The number of para-hydroxylation sites is 2. The second kappa shape index (κ2) is 8.31. The van der Waals surface area contributed by atoms with Gasteiger partial charge in [0.1, 0.15) is 5.82 Å². The molecule has 0 aliphatic heterocycles. The van der Waals surface area contributed by atoms with Crippen LogP contribution >= 0.6 is 11.8 Å². The van der Waals surface area contributed by atoms with Crippen molar-refractivity contribution in [3.63, 3.8) is 0 Å². The molecule has 4 rings (SSSR count). The zero-order chi connectivity index (χ0) is 19.3. The largest absolute Gasteiger partial charge is 0.338 e. The molecule has 2 N–H and O–H groups in total. The molecule has 4 nitrogen and oxygen atoms in total. The number of H-pyrrole nitrogens is 1. The summed E-state index contributed by atoms with van der Waals surface area (Å²) in [5.41, 5.74) is 6.23. The number of aromatic amines is 1. The highest BCUT2D eigenvalue weighted by molar-refractivity contribution is 7.99. The normalized spacial score (nSPS) is 10.9. The molecule has 0 aliphatic carbocycles. The number of hydrogen-bond donors (Lipinski definition) is 2. The van der Waals surface area contributed by atoms with E-state index in [1.807, 2.05) is 48.5 Å². The van der Waals surface area contributed by atoms with Gasteiger partial charge in [0, 0.05) is 17.0 Å². The third-order valence-electron chi connectivity index (χ3n) is 4.42. The topological polar surface area (TPSA) is 57.8 Å². The summed E-state index contributed by atoms with van der Waals surface area (Å²) in [5, 5.41) is 2.95. The fourth-order valence-electron chi connectivity index (χ4n) is 3.06. The van der Waals surface area contributed by atoms with E-state index >= 15 is 0 Å². The van der Waals surface area contributed by atoms with Gasteiger partial charge in [0.05, 0.1) is 16.8 Å². The number of thioether (sulfide) groups is 1. The summed E-state index contributed by atoms with van der Waals surface area (Å²) >= 11 is 1.62. The number of anilines is 1. The first-order valence-electron chi connectivity index (χ1n) is 9.16. The smallest absolute Gasteiger partial charge is 0.234 e. The lowest BCUT2D eigenvalue weighted by atomic mass is 10.2. The van der Waals surface area contributed by atoms with Crippen LogP contribution in [0.2, 0.25) is 0 Å². The average molecular weight is 388 g/mol. The maximum absolute atomic E-state index is 12.2. The molecule has 1 heterocycles. The lowest BCUT2D eigenvalue weighted by Crippen LogP contribution is -2.14. The summed E-state index contributed by atoms with van der Waals surface area (Å²) in [7, 11) is 0. The maximum Gasteiger partial charge on any atom is 0.234 e. The molecule has 0 atom stereocenters. The number of hydrogen-bond acceptors (Lipinski definition) is 3. The van der Waals surface area contributed by atoms with Crippen molar-refractivity contribution >= 4 is 34.4 Å². The molecule has 28 heavy (non-hydrogen) atoms. The molecular formula is C23H21N3OS. The van der Waals surface area contributed by atoms with E-state index in [0.717, 1.165) is 33.9 Å². The van der Waals surface area contributed by atoms with Gasteiger partial charge in [-0.2, -0.15) is 0 Å². The van der Waals surface area contributed by atoms with Crippen LogP contribution in [0.25, 0.3) is 22.4 Å². The highest BCUT2D eigenvalue weighted by Gasteiger charge is 2.07. The Morgan fingerprint density at radius 2 is 1.86 bits per heavy atom. The fourth-order valence-corrected chi connectivity index (χ4v) is 3.84. The van der Waals surface area contributed by atoms with Crippen molar-refractivity contribution in [3.05, 3.63) is 83.9 Å². The summed E-state index contributed by atoms with van der Waals surface area (Å²) in [6.45, 7) is 2.08. The molecule has 0 radical (unpaired) electrons. The molecule has 0 spiro atoms. The first kappa shape index (κ1) is 18.3. The minimum atomic E-state index is 0.00846. The maximum atomic E-state index is 12.2. The van der Waals surface area contributed by atoms with Crippen LogP contribution in [0.15, 0.2) is 72.8 Å². The predicted molar refractivity (Wildman–Crippen MR) is 118 cm³/mol. The van der Waals surface area contributed by atoms with Gasteiger partial charge in [-0.15, -0.1) is 11.8 Å². The van der Waals surface area contributed by atoms with Gasteiger partial charge in [0.2, 0.25) is 5.91 Å². The van der Waals surface area contributed by atoms with Crippen LogP contribution < -0.4 is 5.32 Å². The van der Waals surface area contributed by atoms with E-state index in [2.05, 4.69) is 46.5 Å². The van der Waals surface area contributed by atoms with Crippen LogP contribution in [-0.4, -0.2) is 21.6 Å². The zero-order valence-electron chi connectivity index (χ0n) is 15.6. The van der Waals surface area contributed by atoms with Gasteiger partial charge in [0.25, 0.3) is 0 Å². The number of nitrogens with one attached hydrogen (secondary N) is 2. The molecule has 0 saturated carbocycles. The molecule has 3 aromatic carbocycles. The Labute approximate surface area is 168 Å². The monoisotopic (exact) mass is 387 g/mol. The van der Waals surface area contributed by atoms with Crippen molar-refractivity contribution in [1.82, 2.24) is 9.97 Å². The van der Waals surface area contributed by atoms with Crippen LogP contribution in [-0.2, 0) is 10.5 Å². The van der Waals surface area contributed by atoms with Crippen LogP contribution in [0.1, 0.15) is 11.1 Å². The van der Waals surface area contributed by atoms with Crippen molar-refractivity contribution in [1.29, 1.82) is 0 Å². The Balaban J connectivity index is 1.33. The van der Waals surface area contributed by atoms with Crippen LogP contribution in [0.5, 0.6) is 0 Å². The first-order chi connectivity index (χ1) is 13.7.